The lowest BCUT2D eigenvalue weighted by Crippen LogP contribution is -2.41. The summed E-state index contributed by atoms with van der Waals surface area (Å²) in [5, 5.41) is 13.2. The predicted molar refractivity (Wildman–Crippen MR) is 92.2 cm³/mol. The maximum Gasteiger partial charge on any atom is 0.211 e. The minimum atomic E-state index is -3.10. The quantitative estimate of drug-likeness (QED) is 0.872. The number of anilines is 1. The van der Waals surface area contributed by atoms with Gasteiger partial charge in [0.25, 0.3) is 0 Å². The second-order valence-corrected chi connectivity index (χ2v) is 8.93. The van der Waals surface area contributed by atoms with E-state index in [1.165, 1.54) is 34.0 Å². The first-order chi connectivity index (χ1) is 11.4. The smallest absolute Gasteiger partial charge is 0.211 e. The van der Waals surface area contributed by atoms with Gasteiger partial charge < -0.3 is 5.32 Å². The lowest BCUT2D eigenvalue weighted by molar-refractivity contribution is 0.332. The summed E-state index contributed by atoms with van der Waals surface area (Å²) >= 11 is 1.47. The molecule has 1 aliphatic heterocycles. The zero-order valence-corrected chi connectivity index (χ0v) is 14.9. The van der Waals surface area contributed by atoms with Crippen LogP contribution in [0.2, 0.25) is 0 Å². The number of sulfonamides is 1. The van der Waals surface area contributed by atoms with E-state index in [0.717, 1.165) is 28.5 Å². The van der Waals surface area contributed by atoms with Crippen molar-refractivity contribution >= 4 is 26.5 Å². The summed E-state index contributed by atoms with van der Waals surface area (Å²) in [6.45, 7) is 1.05. The van der Waals surface area contributed by atoms with Crippen LogP contribution in [0.5, 0.6) is 0 Å². The van der Waals surface area contributed by atoms with Crippen LogP contribution in [-0.2, 0) is 16.4 Å². The van der Waals surface area contributed by atoms with Crippen LogP contribution in [0.25, 0.3) is 0 Å². The van der Waals surface area contributed by atoms with Gasteiger partial charge in [0.1, 0.15) is 10.8 Å². The fraction of sp³-hybridized carbons (Fsp3) is 0.467. The SMILES string of the molecule is CS(=O)(=O)N1CCC(Nc2nnc(Cc3ccc(F)cc3)s2)CC1. The molecule has 0 atom stereocenters. The fourth-order valence-electron chi connectivity index (χ4n) is 2.67. The lowest BCUT2D eigenvalue weighted by atomic mass is 10.1. The average molecular weight is 370 g/mol. The molecule has 0 bridgehead atoms. The van der Waals surface area contributed by atoms with E-state index in [1.54, 1.807) is 12.1 Å². The Balaban J connectivity index is 1.54. The van der Waals surface area contributed by atoms with E-state index in [0.29, 0.717) is 19.5 Å². The molecule has 1 aliphatic rings. The molecule has 0 radical (unpaired) electrons. The summed E-state index contributed by atoms with van der Waals surface area (Å²) in [7, 11) is -3.10. The molecule has 2 heterocycles. The Kier molecular flexibility index (Phi) is 5.12. The van der Waals surface area contributed by atoms with Gasteiger partial charge >= 0.3 is 0 Å². The molecule has 1 saturated heterocycles. The average Bonchev–Trinajstić information content (AvgIpc) is 2.96. The Morgan fingerprint density at radius 2 is 1.92 bits per heavy atom. The van der Waals surface area contributed by atoms with Crippen molar-refractivity contribution in [3.63, 3.8) is 0 Å². The first-order valence-electron chi connectivity index (χ1n) is 7.68. The van der Waals surface area contributed by atoms with Gasteiger partial charge in [0.15, 0.2) is 0 Å². The van der Waals surface area contributed by atoms with Gasteiger partial charge in [0.05, 0.1) is 6.26 Å². The Morgan fingerprint density at radius 1 is 1.25 bits per heavy atom. The Morgan fingerprint density at radius 3 is 2.54 bits per heavy atom. The van der Waals surface area contributed by atoms with Gasteiger partial charge in [-0.25, -0.2) is 17.1 Å². The van der Waals surface area contributed by atoms with Crippen LogP contribution >= 0.6 is 11.3 Å². The molecule has 1 fully saturated rings. The molecular formula is C15H19FN4O2S2. The van der Waals surface area contributed by atoms with E-state index in [4.69, 9.17) is 0 Å². The number of halogens is 1. The summed E-state index contributed by atoms with van der Waals surface area (Å²) in [4.78, 5) is 0. The lowest BCUT2D eigenvalue weighted by Gasteiger charge is -2.30. The van der Waals surface area contributed by atoms with Gasteiger partial charge in [-0.1, -0.05) is 23.5 Å². The van der Waals surface area contributed by atoms with E-state index < -0.39 is 10.0 Å². The highest BCUT2D eigenvalue weighted by Gasteiger charge is 2.25. The second kappa shape index (κ2) is 7.12. The van der Waals surface area contributed by atoms with Crippen LogP contribution < -0.4 is 5.32 Å². The van der Waals surface area contributed by atoms with Crippen molar-refractivity contribution in [2.45, 2.75) is 25.3 Å². The minimum Gasteiger partial charge on any atom is -0.357 e. The third-order valence-corrected chi connectivity index (χ3v) is 6.14. The van der Waals surface area contributed by atoms with Crippen molar-refractivity contribution in [3.05, 3.63) is 40.7 Å². The number of hydrogen-bond acceptors (Lipinski definition) is 6. The second-order valence-electron chi connectivity index (χ2n) is 5.88. The number of hydrogen-bond donors (Lipinski definition) is 1. The molecular weight excluding hydrogens is 351 g/mol. The van der Waals surface area contributed by atoms with Crippen molar-refractivity contribution in [3.8, 4) is 0 Å². The molecule has 24 heavy (non-hydrogen) atoms. The van der Waals surface area contributed by atoms with Crippen molar-refractivity contribution < 1.29 is 12.8 Å². The highest BCUT2D eigenvalue weighted by atomic mass is 32.2. The van der Waals surface area contributed by atoms with Gasteiger partial charge in [-0.15, -0.1) is 10.2 Å². The number of piperidine rings is 1. The minimum absolute atomic E-state index is 0.203. The molecule has 1 aromatic carbocycles. The summed E-state index contributed by atoms with van der Waals surface area (Å²) < 4.78 is 37.4. The van der Waals surface area contributed by atoms with Gasteiger partial charge in [-0.3, -0.25) is 0 Å². The van der Waals surface area contributed by atoms with E-state index in [1.807, 2.05) is 0 Å². The van der Waals surface area contributed by atoms with E-state index in [9.17, 15) is 12.8 Å². The largest absolute Gasteiger partial charge is 0.357 e. The first-order valence-corrected chi connectivity index (χ1v) is 10.3. The van der Waals surface area contributed by atoms with Crippen molar-refractivity contribution in [2.75, 3.05) is 24.7 Å². The predicted octanol–water partition coefficient (Wildman–Crippen LogP) is 2.10. The van der Waals surface area contributed by atoms with E-state index >= 15 is 0 Å². The molecule has 6 nitrogen and oxygen atoms in total. The van der Waals surface area contributed by atoms with Gasteiger partial charge in [0, 0.05) is 25.6 Å². The van der Waals surface area contributed by atoms with Crippen molar-refractivity contribution in [1.29, 1.82) is 0 Å². The number of nitrogens with one attached hydrogen (secondary N) is 1. The van der Waals surface area contributed by atoms with Crippen molar-refractivity contribution in [2.24, 2.45) is 0 Å². The molecule has 0 aliphatic carbocycles. The highest BCUT2D eigenvalue weighted by molar-refractivity contribution is 7.88. The molecule has 1 aromatic heterocycles. The maximum atomic E-state index is 12.9. The molecule has 3 rings (SSSR count). The monoisotopic (exact) mass is 370 g/mol. The standard InChI is InChI=1S/C15H19FN4O2S2/c1-24(21,22)20-8-6-13(7-9-20)17-15-19-18-14(23-15)10-11-2-4-12(16)5-3-11/h2-5,13H,6-10H2,1H3,(H,17,19). The summed E-state index contributed by atoms with van der Waals surface area (Å²) in [5.41, 5.74) is 0.987. The molecule has 0 unspecified atom stereocenters. The fourth-order valence-corrected chi connectivity index (χ4v) is 4.39. The van der Waals surface area contributed by atoms with E-state index in [-0.39, 0.29) is 11.9 Å². The summed E-state index contributed by atoms with van der Waals surface area (Å²) in [5.74, 6) is -0.251. The number of rotatable bonds is 5. The van der Waals surface area contributed by atoms with Gasteiger partial charge in [-0.05, 0) is 30.5 Å². The molecule has 2 aromatic rings. The van der Waals surface area contributed by atoms with E-state index in [2.05, 4.69) is 15.5 Å². The molecule has 0 spiro atoms. The van der Waals surface area contributed by atoms with Crippen molar-refractivity contribution in [1.82, 2.24) is 14.5 Å². The zero-order valence-electron chi connectivity index (χ0n) is 13.3. The summed E-state index contributed by atoms with van der Waals surface area (Å²) in [6.07, 6.45) is 3.36. The van der Waals surface area contributed by atoms with Gasteiger partial charge in [0.2, 0.25) is 15.2 Å². The van der Waals surface area contributed by atoms with Crippen LogP contribution in [0.1, 0.15) is 23.4 Å². The Hall–Kier alpha value is -1.58. The number of nitrogens with zero attached hydrogens (tertiary/aromatic N) is 3. The first kappa shape index (κ1) is 17.2. The third kappa shape index (κ3) is 4.49. The van der Waals surface area contributed by atoms with Crippen LogP contribution in [0, 0.1) is 5.82 Å². The zero-order chi connectivity index (χ0) is 17.2. The molecule has 1 N–H and O–H groups in total. The summed E-state index contributed by atoms with van der Waals surface area (Å²) in [6, 6.07) is 6.56. The number of aromatic nitrogens is 2. The molecule has 130 valence electrons. The normalized spacial score (nSPS) is 17.1. The van der Waals surface area contributed by atoms with Crippen LogP contribution in [-0.4, -0.2) is 48.3 Å². The Bertz CT molecular complexity index is 784. The number of benzene rings is 1. The third-order valence-electron chi connectivity index (χ3n) is 3.99. The maximum absolute atomic E-state index is 12.9. The molecule has 0 amide bonds. The molecule has 9 heteroatoms. The highest BCUT2D eigenvalue weighted by Crippen LogP contribution is 2.22. The van der Waals surface area contributed by atoms with Crippen LogP contribution in [0.15, 0.2) is 24.3 Å². The topological polar surface area (TPSA) is 75.2 Å². The molecule has 0 saturated carbocycles. The van der Waals surface area contributed by atoms with Crippen LogP contribution in [0.4, 0.5) is 9.52 Å². The Labute approximate surface area is 144 Å². The van der Waals surface area contributed by atoms with Gasteiger partial charge in [-0.2, -0.15) is 0 Å². The van der Waals surface area contributed by atoms with Crippen LogP contribution in [0.3, 0.4) is 0 Å².